The molecule has 3 aromatic carbocycles. The Labute approximate surface area is 204 Å². The van der Waals surface area contributed by atoms with Crippen molar-refractivity contribution in [1.82, 2.24) is 9.66 Å². The molecule has 6 nitrogen and oxygen atoms in total. The fourth-order valence-corrected chi connectivity index (χ4v) is 3.87. The molecule has 0 N–H and O–H groups in total. The SMILES string of the molecule is C#CCOc1ccc(Cl)cc1C=Nn1c(-c2cc3cc(Cl)ccc3o2)nc2ccccc2c1=O. The molecule has 8 heteroatoms. The van der Waals surface area contributed by atoms with E-state index < -0.39 is 0 Å². The summed E-state index contributed by atoms with van der Waals surface area (Å²) in [6, 6.07) is 19.1. The lowest BCUT2D eigenvalue weighted by Gasteiger charge is -2.09. The number of rotatable bonds is 5. The minimum Gasteiger partial charge on any atom is -0.480 e. The van der Waals surface area contributed by atoms with E-state index in [-0.39, 0.29) is 18.0 Å². The van der Waals surface area contributed by atoms with Gasteiger partial charge in [0.1, 0.15) is 17.9 Å². The second kappa shape index (κ2) is 9.06. The highest BCUT2D eigenvalue weighted by Crippen LogP contribution is 2.29. The van der Waals surface area contributed by atoms with Crippen LogP contribution in [0.25, 0.3) is 33.5 Å². The van der Waals surface area contributed by atoms with E-state index in [0.717, 1.165) is 5.39 Å². The second-order valence-electron chi connectivity index (χ2n) is 7.28. The summed E-state index contributed by atoms with van der Waals surface area (Å²) in [5.74, 6) is 3.51. The minimum atomic E-state index is -0.358. The minimum absolute atomic E-state index is 0.0761. The molecule has 0 saturated carbocycles. The van der Waals surface area contributed by atoms with E-state index >= 15 is 0 Å². The van der Waals surface area contributed by atoms with Crippen LogP contribution in [-0.4, -0.2) is 22.5 Å². The maximum atomic E-state index is 13.4. The molecule has 0 atom stereocenters. The van der Waals surface area contributed by atoms with Gasteiger partial charge in [0.2, 0.25) is 5.82 Å². The molecule has 0 fully saturated rings. The van der Waals surface area contributed by atoms with Crippen molar-refractivity contribution in [3.05, 3.63) is 92.7 Å². The Morgan fingerprint density at radius 1 is 1.09 bits per heavy atom. The predicted octanol–water partition coefficient (Wildman–Crippen LogP) is 6.01. The Morgan fingerprint density at radius 3 is 2.74 bits per heavy atom. The van der Waals surface area contributed by atoms with Crippen LogP contribution < -0.4 is 10.3 Å². The van der Waals surface area contributed by atoms with Gasteiger partial charge in [-0.25, -0.2) is 4.98 Å². The van der Waals surface area contributed by atoms with E-state index in [2.05, 4.69) is 16.0 Å². The molecule has 0 aliphatic heterocycles. The number of fused-ring (bicyclic) bond motifs is 2. The van der Waals surface area contributed by atoms with E-state index in [0.29, 0.717) is 43.6 Å². The maximum Gasteiger partial charge on any atom is 0.282 e. The number of hydrogen-bond acceptors (Lipinski definition) is 5. The predicted molar refractivity (Wildman–Crippen MR) is 135 cm³/mol. The monoisotopic (exact) mass is 487 g/mol. The first kappa shape index (κ1) is 21.8. The van der Waals surface area contributed by atoms with Crippen molar-refractivity contribution in [3.63, 3.8) is 0 Å². The molecule has 0 unspecified atom stereocenters. The molecule has 0 bridgehead atoms. The first-order valence-corrected chi connectivity index (χ1v) is 10.9. The van der Waals surface area contributed by atoms with Crippen LogP contribution in [0.15, 0.2) is 81.0 Å². The van der Waals surface area contributed by atoms with Gasteiger partial charge in [-0.2, -0.15) is 9.78 Å². The number of aromatic nitrogens is 2. The number of terminal acetylenes is 1. The lowest BCUT2D eigenvalue weighted by molar-refractivity contribution is 0.370. The van der Waals surface area contributed by atoms with E-state index in [1.165, 1.54) is 10.9 Å². The Bertz CT molecular complexity index is 1680. The maximum absolute atomic E-state index is 13.4. The average molecular weight is 488 g/mol. The van der Waals surface area contributed by atoms with Crippen LogP contribution in [0, 0.1) is 12.3 Å². The van der Waals surface area contributed by atoms with Gasteiger partial charge < -0.3 is 9.15 Å². The summed E-state index contributed by atoms with van der Waals surface area (Å²) < 4.78 is 12.7. The Morgan fingerprint density at radius 2 is 1.88 bits per heavy atom. The zero-order valence-corrected chi connectivity index (χ0v) is 19.0. The zero-order valence-electron chi connectivity index (χ0n) is 17.5. The normalized spacial score (nSPS) is 11.3. The van der Waals surface area contributed by atoms with Crippen LogP contribution in [-0.2, 0) is 0 Å². The third kappa shape index (κ3) is 4.15. The molecule has 0 amide bonds. The summed E-state index contributed by atoms with van der Waals surface area (Å²) in [5.41, 5.74) is 1.32. The van der Waals surface area contributed by atoms with Crippen molar-refractivity contribution >= 4 is 51.3 Å². The van der Waals surface area contributed by atoms with Crippen molar-refractivity contribution in [3.8, 4) is 29.7 Å². The molecule has 0 aliphatic rings. The van der Waals surface area contributed by atoms with Crippen LogP contribution in [0.2, 0.25) is 10.0 Å². The van der Waals surface area contributed by atoms with Gasteiger partial charge in [0.25, 0.3) is 5.56 Å². The molecule has 5 rings (SSSR count). The fourth-order valence-electron chi connectivity index (χ4n) is 3.51. The third-order valence-corrected chi connectivity index (χ3v) is 5.52. The van der Waals surface area contributed by atoms with Gasteiger partial charge >= 0.3 is 0 Å². The highest BCUT2D eigenvalue weighted by atomic mass is 35.5. The second-order valence-corrected chi connectivity index (χ2v) is 8.15. The van der Waals surface area contributed by atoms with Crippen LogP contribution in [0.1, 0.15) is 5.56 Å². The highest BCUT2D eigenvalue weighted by Gasteiger charge is 2.17. The largest absolute Gasteiger partial charge is 0.480 e. The number of furan rings is 1. The molecular weight excluding hydrogens is 473 g/mol. The summed E-state index contributed by atoms with van der Waals surface area (Å²) in [4.78, 5) is 18.1. The third-order valence-electron chi connectivity index (χ3n) is 5.05. The standard InChI is InChI=1S/C26H15Cl2N3O3/c1-2-11-33-22-9-7-19(28)13-17(22)15-29-31-25(30-21-6-4-3-5-20(21)26(31)32)24-14-16-12-18(27)8-10-23(16)34-24/h1,3-10,12-15H,11H2. The molecule has 2 aromatic heterocycles. The molecule has 0 spiro atoms. The van der Waals surface area contributed by atoms with Gasteiger partial charge in [-0.3, -0.25) is 4.79 Å². The molecule has 2 heterocycles. The van der Waals surface area contributed by atoms with Crippen molar-refractivity contribution < 1.29 is 9.15 Å². The van der Waals surface area contributed by atoms with Gasteiger partial charge in [-0.15, -0.1) is 6.42 Å². The molecule has 0 saturated heterocycles. The van der Waals surface area contributed by atoms with Crippen molar-refractivity contribution in [2.24, 2.45) is 5.10 Å². The van der Waals surface area contributed by atoms with E-state index in [1.54, 1.807) is 60.7 Å². The average Bonchev–Trinajstić information content (AvgIpc) is 3.26. The summed E-state index contributed by atoms with van der Waals surface area (Å²) in [5, 5.41) is 6.68. The number of ether oxygens (including phenoxy) is 1. The number of para-hydroxylation sites is 1. The number of halogens is 2. The zero-order chi connectivity index (χ0) is 23.7. The number of benzene rings is 3. The Balaban J connectivity index is 1.70. The summed E-state index contributed by atoms with van der Waals surface area (Å²) >= 11 is 12.3. The molecule has 166 valence electrons. The van der Waals surface area contributed by atoms with Crippen LogP contribution in [0.3, 0.4) is 0 Å². The lowest BCUT2D eigenvalue weighted by atomic mass is 10.2. The number of hydrogen-bond donors (Lipinski definition) is 0. The first-order valence-electron chi connectivity index (χ1n) is 10.1. The van der Waals surface area contributed by atoms with E-state index in [4.69, 9.17) is 38.8 Å². The smallest absolute Gasteiger partial charge is 0.282 e. The van der Waals surface area contributed by atoms with Gasteiger partial charge in [-0.05, 0) is 54.6 Å². The van der Waals surface area contributed by atoms with Crippen molar-refractivity contribution in [2.75, 3.05) is 6.61 Å². The van der Waals surface area contributed by atoms with Crippen LogP contribution >= 0.6 is 23.2 Å². The first-order chi connectivity index (χ1) is 16.5. The fraction of sp³-hybridized carbons (Fsp3) is 0.0385. The van der Waals surface area contributed by atoms with Crippen molar-refractivity contribution in [1.29, 1.82) is 0 Å². The quantitative estimate of drug-likeness (QED) is 0.225. The summed E-state index contributed by atoms with van der Waals surface area (Å²) in [6.07, 6.45) is 6.78. The summed E-state index contributed by atoms with van der Waals surface area (Å²) in [6.45, 7) is 0.0761. The van der Waals surface area contributed by atoms with Gasteiger partial charge in [0.05, 0.1) is 17.1 Å². The topological polar surface area (TPSA) is 69.6 Å². The molecule has 5 aromatic rings. The molecule has 34 heavy (non-hydrogen) atoms. The van der Waals surface area contributed by atoms with E-state index in [9.17, 15) is 4.79 Å². The van der Waals surface area contributed by atoms with Gasteiger partial charge in [0, 0.05) is 21.0 Å². The summed E-state index contributed by atoms with van der Waals surface area (Å²) in [7, 11) is 0. The van der Waals surface area contributed by atoms with E-state index in [1.807, 2.05) is 6.07 Å². The molecule has 0 aliphatic carbocycles. The van der Waals surface area contributed by atoms with Gasteiger partial charge in [0.15, 0.2) is 5.76 Å². The number of nitrogens with zero attached hydrogens (tertiary/aromatic N) is 3. The van der Waals surface area contributed by atoms with Gasteiger partial charge in [-0.1, -0.05) is 41.3 Å². The Hall–Kier alpha value is -4.05. The van der Waals surface area contributed by atoms with Crippen LogP contribution in [0.5, 0.6) is 5.75 Å². The highest BCUT2D eigenvalue weighted by molar-refractivity contribution is 6.31. The van der Waals surface area contributed by atoms with Crippen molar-refractivity contribution in [2.45, 2.75) is 0 Å². The Kier molecular flexibility index (Phi) is 5.81. The molecular formula is C26H15Cl2N3O3. The van der Waals surface area contributed by atoms with Crippen LogP contribution in [0.4, 0.5) is 0 Å². The molecule has 0 radical (unpaired) electrons. The lowest BCUT2D eigenvalue weighted by Crippen LogP contribution is -2.20.